The Morgan fingerprint density at radius 1 is 1.08 bits per heavy atom. The summed E-state index contributed by atoms with van der Waals surface area (Å²) in [7, 11) is 1.51. The highest BCUT2D eigenvalue weighted by Gasteiger charge is 2.56. The van der Waals surface area contributed by atoms with E-state index in [1.165, 1.54) is 7.11 Å². The maximum atomic E-state index is 12.8. The van der Waals surface area contributed by atoms with Crippen LogP contribution in [0.3, 0.4) is 0 Å². The van der Waals surface area contributed by atoms with Crippen LogP contribution in [0.2, 0.25) is 5.02 Å². The van der Waals surface area contributed by atoms with Crippen molar-refractivity contribution in [3.63, 3.8) is 0 Å². The average molecular weight is 373 g/mol. The molecule has 136 valence electrons. The Morgan fingerprint density at radius 2 is 1.73 bits per heavy atom. The van der Waals surface area contributed by atoms with Crippen LogP contribution in [-0.4, -0.2) is 18.9 Å². The number of ether oxygens (including phenoxy) is 1. The van der Waals surface area contributed by atoms with Crippen molar-refractivity contribution >= 4 is 34.8 Å². The molecule has 1 fully saturated rings. The van der Waals surface area contributed by atoms with E-state index in [2.05, 4.69) is 10.6 Å². The molecule has 2 aromatic carbocycles. The molecule has 3 rings (SSSR count). The van der Waals surface area contributed by atoms with E-state index >= 15 is 0 Å². The molecule has 0 atom stereocenters. The Kier molecular flexibility index (Phi) is 5.18. The Balaban J connectivity index is 1.77. The number of anilines is 2. The smallest absolute Gasteiger partial charge is 0.240 e. The quantitative estimate of drug-likeness (QED) is 0.744. The third-order valence-electron chi connectivity index (χ3n) is 4.68. The Bertz CT molecular complexity index is 847. The SMILES string of the molecule is CCc1ccccc1NC(=O)C1(C(=O)Nc2cc(Cl)ccc2OC)CC1. The fraction of sp³-hybridized carbons (Fsp3) is 0.300. The monoisotopic (exact) mass is 372 g/mol. The van der Waals surface area contributed by atoms with Gasteiger partial charge in [-0.25, -0.2) is 0 Å². The van der Waals surface area contributed by atoms with Crippen LogP contribution in [0.5, 0.6) is 5.75 Å². The summed E-state index contributed by atoms with van der Waals surface area (Å²) in [6.45, 7) is 2.02. The summed E-state index contributed by atoms with van der Waals surface area (Å²) >= 11 is 6.00. The first-order chi connectivity index (χ1) is 12.5. The van der Waals surface area contributed by atoms with Gasteiger partial charge < -0.3 is 15.4 Å². The highest BCUT2D eigenvalue weighted by Crippen LogP contribution is 2.48. The fourth-order valence-electron chi connectivity index (χ4n) is 2.89. The molecule has 0 aromatic heterocycles. The third-order valence-corrected chi connectivity index (χ3v) is 4.91. The van der Waals surface area contributed by atoms with Gasteiger partial charge >= 0.3 is 0 Å². The van der Waals surface area contributed by atoms with Crippen LogP contribution in [0, 0.1) is 5.41 Å². The van der Waals surface area contributed by atoms with Crippen molar-refractivity contribution in [3.05, 3.63) is 53.1 Å². The van der Waals surface area contributed by atoms with Crippen molar-refractivity contribution in [3.8, 4) is 5.75 Å². The van der Waals surface area contributed by atoms with Crippen molar-refractivity contribution < 1.29 is 14.3 Å². The van der Waals surface area contributed by atoms with Crippen molar-refractivity contribution in [1.82, 2.24) is 0 Å². The van der Waals surface area contributed by atoms with Gasteiger partial charge in [-0.3, -0.25) is 9.59 Å². The van der Waals surface area contributed by atoms with E-state index in [0.29, 0.717) is 29.3 Å². The number of rotatable bonds is 6. The topological polar surface area (TPSA) is 67.4 Å². The van der Waals surface area contributed by atoms with Gasteiger partial charge in [-0.1, -0.05) is 36.7 Å². The van der Waals surface area contributed by atoms with Crippen LogP contribution in [0.25, 0.3) is 0 Å². The maximum Gasteiger partial charge on any atom is 0.240 e. The minimum absolute atomic E-state index is 0.281. The number of amides is 2. The number of benzene rings is 2. The van der Waals surface area contributed by atoms with Crippen molar-refractivity contribution in [2.75, 3.05) is 17.7 Å². The van der Waals surface area contributed by atoms with E-state index in [9.17, 15) is 9.59 Å². The molecule has 0 aliphatic heterocycles. The molecule has 0 bridgehead atoms. The Hall–Kier alpha value is -2.53. The second-order valence-electron chi connectivity index (χ2n) is 6.35. The van der Waals surface area contributed by atoms with Gasteiger partial charge in [0.1, 0.15) is 11.2 Å². The van der Waals surface area contributed by atoms with Gasteiger partial charge in [0.05, 0.1) is 12.8 Å². The average Bonchev–Trinajstić information content (AvgIpc) is 3.44. The molecular weight excluding hydrogens is 352 g/mol. The van der Waals surface area contributed by atoms with E-state index < -0.39 is 5.41 Å². The van der Waals surface area contributed by atoms with Gasteiger partial charge in [0.25, 0.3) is 0 Å². The number of halogens is 1. The highest BCUT2D eigenvalue weighted by molar-refractivity contribution is 6.31. The summed E-state index contributed by atoms with van der Waals surface area (Å²) in [4.78, 5) is 25.6. The molecule has 2 amide bonds. The lowest BCUT2D eigenvalue weighted by molar-refractivity contribution is -0.131. The largest absolute Gasteiger partial charge is 0.495 e. The van der Waals surface area contributed by atoms with Gasteiger partial charge in [-0.2, -0.15) is 0 Å². The number of para-hydroxylation sites is 1. The van der Waals surface area contributed by atoms with E-state index in [1.807, 2.05) is 31.2 Å². The molecule has 6 heteroatoms. The van der Waals surface area contributed by atoms with E-state index in [4.69, 9.17) is 16.3 Å². The number of aryl methyl sites for hydroxylation is 1. The van der Waals surface area contributed by atoms with Crippen molar-refractivity contribution in [1.29, 1.82) is 0 Å². The second-order valence-corrected chi connectivity index (χ2v) is 6.78. The lowest BCUT2D eigenvalue weighted by atomic mass is 10.0. The van der Waals surface area contributed by atoms with Gasteiger partial charge in [-0.15, -0.1) is 0 Å². The van der Waals surface area contributed by atoms with Crippen LogP contribution < -0.4 is 15.4 Å². The molecule has 0 heterocycles. The molecule has 0 unspecified atom stereocenters. The molecule has 0 spiro atoms. The lowest BCUT2D eigenvalue weighted by Crippen LogP contribution is -2.36. The zero-order chi connectivity index (χ0) is 18.7. The number of carbonyl (C=O) groups is 2. The van der Waals surface area contributed by atoms with Gasteiger partial charge in [-0.05, 0) is 49.1 Å². The van der Waals surface area contributed by atoms with Gasteiger partial charge in [0, 0.05) is 10.7 Å². The zero-order valence-electron chi connectivity index (χ0n) is 14.8. The lowest BCUT2D eigenvalue weighted by Gasteiger charge is -2.18. The summed E-state index contributed by atoms with van der Waals surface area (Å²) in [5.74, 6) is -0.128. The van der Waals surface area contributed by atoms with E-state index in [1.54, 1.807) is 18.2 Å². The first-order valence-electron chi connectivity index (χ1n) is 8.54. The fourth-order valence-corrected chi connectivity index (χ4v) is 3.07. The summed E-state index contributed by atoms with van der Waals surface area (Å²) in [6.07, 6.45) is 1.83. The number of hydrogen-bond acceptors (Lipinski definition) is 3. The summed E-state index contributed by atoms with van der Waals surface area (Å²) in [5, 5.41) is 6.18. The molecule has 1 aliphatic carbocycles. The molecule has 0 radical (unpaired) electrons. The summed E-state index contributed by atoms with van der Waals surface area (Å²) in [6, 6.07) is 12.6. The van der Waals surface area contributed by atoms with E-state index in [-0.39, 0.29) is 11.8 Å². The minimum atomic E-state index is -1.05. The molecule has 2 N–H and O–H groups in total. The summed E-state index contributed by atoms with van der Waals surface area (Å²) < 4.78 is 5.25. The minimum Gasteiger partial charge on any atom is -0.495 e. The molecule has 2 aromatic rings. The van der Waals surface area contributed by atoms with Crippen molar-refractivity contribution in [2.45, 2.75) is 26.2 Å². The Labute approximate surface area is 157 Å². The molecule has 26 heavy (non-hydrogen) atoms. The predicted octanol–water partition coefficient (Wildman–Crippen LogP) is 4.27. The van der Waals surface area contributed by atoms with Crippen LogP contribution in [-0.2, 0) is 16.0 Å². The molecule has 0 saturated heterocycles. The molecule has 5 nitrogen and oxygen atoms in total. The molecule has 1 saturated carbocycles. The maximum absolute atomic E-state index is 12.8. The molecular formula is C20H21ClN2O3. The normalized spacial score (nSPS) is 14.4. The highest BCUT2D eigenvalue weighted by atomic mass is 35.5. The zero-order valence-corrected chi connectivity index (χ0v) is 15.5. The van der Waals surface area contributed by atoms with Gasteiger partial charge in [0.15, 0.2) is 0 Å². The summed E-state index contributed by atoms with van der Waals surface area (Å²) in [5.41, 5.74) is 1.19. The Morgan fingerprint density at radius 3 is 2.35 bits per heavy atom. The van der Waals surface area contributed by atoms with Crippen LogP contribution in [0.4, 0.5) is 11.4 Å². The van der Waals surface area contributed by atoms with Gasteiger partial charge in [0.2, 0.25) is 11.8 Å². The number of nitrogens with one attached hydrogen (secondary N) is 2. The first-order valence-corrected chi connectivity index (χ1v) is 8.92. The van der Waals surface area contributed by atoms with Crippen LogP contribution in [0.15, 0.2) is 42.5 Å². The number of hydrogen-bond donors (Lipinski definition) is 2. The second kappa shape index (κ2) is 7.38. The number of carbonyl (C=O) groups excluding carboxylic acids is 2. The first kappa shape index (κ1) is 18.3. The standard InChI is InChI=1S/C20H21ClN2O3/c1-3-13-6-4-5-7-15(13)22-18(24)20(10-11-20)19(25)23-16-12-14(21)8-9-17(16)26-2/h4-9,12H,3,10-11H2,1-2H3,(H,22,24)(H,23,25). The third kappa shape index (κ3) is 3.53. The predicted molar refractivity (Wildman–Crippen MR) is 103 cm³/mol. The van der Waals surface area contributed by atoms with Crippen molar-refractivity contribution in [2.24, 2.45) is 5.41 Å². The number of methoxy groups -OCH3 is 1. The molecule has 1 aliphatic rings. The van der Waals surface area contributed by atoms with Crippen LogP contribution in [0.1, 0.15) is 25.3 Å². The van der Waals surface area contributed by atoms with Crippen LogP contribution >= 0.6 is 11.6 Å². The van der Waals surface area contributed by atoms with E-state index in [0.717, 1.165) is 17.7 Å².